The van der Waals surface area contributed by atoms with Gasteiger partial charge in [-0.2, -0.15) is 0 Å². The molecule has 3 aliphatic carbocycles. The molecule has 0 spiro atoms. The van der Waals surface area contributed by atoms with Gasteiger partial charge in [-0.1, -0.05) is 18.1 Å². The third-order valence-electron chi connectivity index (χ3n) is 6.96. The number of phenols is 1. The molecular formula is C18H23N3O2. The van der Waals surface area contributed by atoms with Crippen LogP contribution in [0.5, 0.6) is 5.75 Å². The van der Waals surface area contributed by atoms with Crippen LogP contribution in [0.3, 0.4) is 0 Å². The van der Waals surface area contributed by atoms with Gasteiger partial charge in [0.2, 0.25) is 0 Å². The normalized spacial score (nSPS) is 38.2. The zero-order valence-corrected chi connectivity index (χ0v) is 13.4. The molecule has 5 heteroatoms. The first-order chi connectivity index (χ1) is 11.1. The van der Waals surface area contributed by atoms with E-state index in [1.54, 1.807) is 6.07 Å². The molecule has 5 atom stereocenters. The second-order valence-electron chi connectivity index (χ2n) is 7.74. The second-order valence-corrected chi connectivity index (χ2v) is 7.74. The molecular weight excluding hydrogens is 290 g/mol. The van der Waals surface area contributed by atoms with E-state index in [1.807, 2.05) is 6.07 Å². The van der Waals surface area contributed by atoms with E-state index in [1.165, 1.54) is 5.56 Å². The zero-order valence-electron chi connectivity index (χ0n) is 13.4. The van der Waals surface area contributed by atoms with E-state index < -0.39 is 0 Å². The number of phenolic OH excluding ortho intramolecular Hbond substituents is 1. The minimum Gasteiger partial charge on any atom is -0.507 e. The number of hydrogen-bond acceptors (Lipinski definition) is 3. The lowest BCUT2D eigenvalue weighted by atomic mass is 9.55. The van der Waals surface area contributed by atoms with Crippen LogP contribution in [0.4, 0.5) is 5.69 Å². The summed E-state index contributed by atoms with van der Waals surface area (Å²) in [7, 11) is 0. The van der Waals surface area contributed by atoms with E-state index in [9.17, 15) is 10.2 Å². The van der Waals surface area contributed by atoms with Crippen molar-refractivity contribution in [3.8, 4) is 5.75 Å². The number of fused-ring (bicyclic) bond motifs is 5. The van der Waals surface area contributed by atoms with Crippen LogP contribution in [0.1, 0.15) is 56.1 Å². The molecule has 0 saturated heterocycles. The predicted molar refractivity (Wildman–Crippen MR) is 87.5 cm³/mol. The van der Waals surface area contributed by atoms with E-state index in [0.29, 0.717) is 23.4 Å². The topological polar surface area (TPSA) is 89.2 Å². The van der Waals surface area contributed by atoms with Gasteiger partial charge in [0.25, 0.3) is 0 Å². The second kappa shape index (κ2) is 5.15. The van der Waals surface area contributed by atoms with Gasteiger partial charge in [0.05, 0.1) is 11.8 Å². The summed E-state index contributed by atoms with van der Waals surface area (Å²) in [6.07, 6.45) is 5.92. The van der Waals surface area contributed by atoms with Gasteiger partial charge in [0.1, 0.15) is 5.75 Å². The van der Waals surface area contributed by atoms with Crippen molar-refractivity contribution in [3.05, 3.63) is 33.7 Å². The van der Waals surface area contributed by atoms with Crippen LogP contribution in [-0.4, -0.2) is 16.3 Å². The molecule has 2 saturated carbocycles. The molecule has 5 nitrogen and oxygen atoms in total. The van der Waals surface area contributed by atoms with E-state index in [2.05, 4.69) is 16.9 Å². The SMILES string of the molecule is C[C@]12CC[C@@H]3c4ccc(O)c(N=[N+]=[N-])c4CC[C@H]3[C@@H]1CC[C@@H]2O. The van der Waals surface area contributed by atoms with E-state index in [-0.39, 0.29) is 17.3 Å². The Balaban J connectivity index is 1.76. The quantitative estimate of drug-likeness (QED) is 0.452. The van der Waals surface area contributed by atoms with E-state index in [0.717, 1.165) is 44.1 Å². The third-order valence-corrected chi connectivity index (χ3v) is 6.96. The van der Waals surface area contributed by atoms with Crippen molar-refractivity contribution in [2.75, 3.05) is 0 Å². The van der Waals surface area contributed by atoms with Gasteiger partial charge >= 0.3 is 0 Å². The molecule has 0 aromatic heterocycles. The molecule has 0 bridgehead atoms. The molecule has 3 aliphatic rings. The molecule has 4 rings (SSSR count). The van der Waals surface area contributed by atoms with Gasteiger partial charge in [-0.05, 0) is 84.4 Å². The number of benzene rings is 1. The highest BCUT2D eigenvalue weighted by Gasteiger charge is 2.54. The van der Waals surface area contributed by atoms with Crippen molar-refractivity contribution in [2.45, 2.75) is 57.5 Å². The molecule has 2 N–H and O–H groups in total. The molecule has 1 aromatic rings. The summed E-state index contributed by atoms with van der Waals surface area (Å²) in [6.45, 7) is 2.27. The fraction of sp³-hybridized carbons (Fsp3) is 0.667. The zero-order chi connectivity index (χ0) is 16.2. The van der Waals surface area contributed by atoms with Crippen LogP contribution in [0.15, 0.2) is 17.2 Å². The fourth-order valence-electron chi connectivity index (χ4n) is 5.77. The van der Waals surface area contributed by atoms with Crippen LogP contribution >= 0.6 is 0 Å². The molecule has 0 radical (unpaired) electrons. The standard InChI is InChI=1S/C18H23N3O2/c1-18-9-8-11-10-4-6-15(22)17(20-21-19)13(10)3-2-12(11)14(18)5-7-16(18)23/h4,6,11-12,14,16,22-23H,2-3,5,7-9H2,1H3/t11-,12-,14+,16+,18+/m1/s1. The molecule has 0 aliphatic heterocycles. The maximum Gasteiger partial charge on any atom is 0.125 e. The van der Waals surface area contributed by atoms with E-state index >= 15 is 0 Å². The van der Waals surface area contributed by atoms with Gasteiger partial charge < -0.3 is 10.2 Å². The third kappa shape index (κ3) is 2.00. The van der Waals surface area contributed by atoms with Gasteiger partial charge in [0, 0.05) is 4.91 Å². The van der Waals surface area contributed by atoms with Crippen molar-refractivity contribution >= 4 is 5.69 Å². The molecule has 1 aromatic carbocycles. The average molecular weight is 313 g/mol. The number of aliphatic hydroxyl groups is 1. The lowest BCUT2D eigenvalue weighted by molar-refractivity contribution is -0.0225. The molecule has 0 amide bonds. The van der Waals surface area contributed by atoms with Crippen molar-refractivity contribution in [2.24, 2.45) is 22.4 Å². The van der Waals surface area contributed by atoms with Gasteiger partial charge in [-0.3, -0.25) is 0 Å². The smallest absolute Gasteiger partial charge is 0.125 e. The molecule has 0 heterocycles. The van der Waals surface area contributed by atoms with Crippen LogP contribution < -0.4 is 0 Å². The Morgan fingerprint density at radius 2 is 2.09 bits per heavy atom. The highest BCUT2D eigenvalue weighted by atomic mass is 16.3. The Labute approximate surface area is 136 Å². The van der Waals surface area contributed by atoms with Crippen LogP contribution in [0.2, 0.25) is 0 Å². The van der Waals surface area contributed by atoms with Crippen molar-refractivity contribution in [1.82, 2.24) is 0 Å². The average Bonchev–Trinajstić information content (AvgIpc) is 2.85. The monoisotopic (exact) mass is 313 g/mol. The summed E-state index contributed by atoms with van der Waals surface area (Å²) < 4.78 is 0. The Kier molecular flexibility index (Phi) is 3.33. The first-order valence-corrected chi connectivity index (χ1v) is 8.64. The minimum absolute atomic E-state index is 0.0726. The molecule has 2 fully saturated rings. The number of hydrogen-bond donors (Lipinski definition) is 2. The number of azide groups is 1. The van der Waals surface area contributed by atoms with Crippen LogP contribution in [-0.2, 0) is 6.42 Å². The molecule has 23 heavy (non-hydrogen) atoms. The number of aliphatic hydroxyl groups excluding tert-OH is 1. The first-order valence-electron chi connectivity index (χ1n) is 8.64. The maximum absolute atomic E-state index is 10.4. The van der Waals surface area contributed by atoms with Gasteiger partial charge in [-0.25, -0.2) is 0 Å². The Bertz CT molecular complexity index is 698. The Hall–Kier alpha value is -1.71. The summed E-state index contributed by atoms with van der Waals surface area (Å²) in [5.74, 6) is 1.73. The number of nitrogens with zero attached hydrogens (tertiary/aromatic N) is 3. The van der Waals surface area contributed by atoms with Crippen LogP contribution in [0, 0.1) is 17.3 Å². The van der Waals surface area contributed by atoms with Crippen molar-refractivity contribution < 1.29 is 10.2 Å². The lowest BCUT2D eigenvalue weighted by Crippen LogP contribution is -2.43. The van der Waals surface area contributed by atoms with E-state index in [4.69, 9.17) is 5.53 Å². The summed E-state index contributed by atoms with van der Waals surface area (Å²) in [4.78, 5) is 2.88. The highest BCUT2D eigenvalue weighted by molar-refractivity contribution is 5.61. The Morgan fingerprint density at radius 3 is 2.87 bits per heavy atom. The predicted octanol–water partition coefficient (Wildman–Crippen LogP) is 4.55. The first kappa shape index (κ1) is 14.9. The van der Waals surface area contributed by atoms with Crippen molar-refractivity contribution in [3.63, 3.8) is 0 Å². The van der Waals surface area contributed by atoms with Crippen molar-refractivity contribution in [1.29, 1.82) is 0 Å². The molecule has 122 valence electrons. The Morgan fingerprint density at radius 1 is 1.26 bits per heavy atom. The maximum atomic E-state index is 10.4. The number of rotatable bonds is 1. The largest absolute Gasteiger partial charge is 0.507 e. The van der Waals surface area contributed by atoms with Crippen LogP contribution in [0.25, 0.3) is 10.4 Å². The minimum atomic E-state index is -0.159. The fourth-order valence-corrected chi connectivity index (χ4v) is 5.77. The van der Waals surface area contributed by atoms with Gasteiger partial charge in [-0.15, -0.1) is 0 Å². The lowest BCUT2D eigenvalue weighted by Gasteiger charge is -2.50. The van der Waals surface area contributed by atoms with Gasteiger partial charge in [0.15, 0.2) is 0 Å². The number of aromatic hydroxyl groups is 1. The summed E-state index contributed by atoms with van der Waals surface area (Å²) in [5, 5.41) is 24.2. The summed E-state index contributed by atoms with van der Waals surface area (Å²) in [5.41, 5.74) is 11.6. The summed E-state index contributed by atoms with van der Waals surface area (Å²) in [6, 6.07) is 3.69. The summed E-state index contributed by atoms with van der Waals surface area (Å²) >= 11 is 0. The molecule has 0 unspecified atom stereocenters. The highest BCUT2D eigenvalue weighted by Crippen LogP contribution is 2.61.